The molecule has 32 heavy (non-hydrogen) atoms. The Balaban J connectivity index is 1.62. The Bertz CT molecular complexity index is 1150. The lowest BCUT2D eigenvalue weighted by Gasteiger charge is -2.30. The molecule has 1 aliphatic rings. The summed E-state index contributed by atoms with van der Waals surface area (Å²) in [5, 5.41) is -0.247. The SMILES string of the molecule is COc1ccc(S(=O)(=O)N2CCCC(C(=O)OCc3ccc(S(=O)(=O)N(C)C)o3)C2)cc1. The zero-order valence-corrected chi connectivity index (χ0v) is 19.7. The maximum absolute atomic E-state index is 12.9. The molecule has 0 aliphatic carbocycles. The molecule has 1 atom stereocenters. The monoisotopic (exact) mass is 486 g/mol. The topological polar surface area (TPSA) is 123 Å². The lowest BCUT2D eigenvalue weighted by molar-refractivity contribution is -0.151. The van der Waals surface area contributed by atoms with Gasteiger partial charge in [0.1, 0.15) is 18.1 Å². The molecule has 1 fully saturated rings. The zero-order chi connectivity index (χ0) is 23.5. The van der Waals surface area contributed by atoms with Crippen LogP contribution in [0.4, 0.5) is 0 Å². The Morgan fingerprint density at radius 1 is 1.12 bits per heavy atom. The molecule has 1 aromatic carbocycles. The Morgan fingerprint density at radius 3 is 2.44 bits per heavy atom. The van der Waals surface area contributed by atoms with E-state index in [1.807, 2.05) is 0 Å². The second-order valence-corrected chi connectivity index (χ2v) is 11.5. The predicted octanol–water partition coefficient (Wildman–Crippen LogP) is 1.68. The van der Waals surface area contributed by atoms with Crippen molar-refractivity contribution < 1.29 is 35.5 Å². The highest BCUT2D eigenvalue weighted by atomic mass is 32.2. The first-order valence-corrected chi connectivity index (χ1v) is 12.8. The zero-order valence-electron chi connectivity index (χ0n) is 18.1. The van der Waals surface area contributed by atoms with Gasteiger partial charge in [-0.2, -0.15) is 4.31 Å². The molecule has 0 amide bonds. The third kappa shape index (κ3) is 5.14. The van der Waals surface area contributed by atoms with E-state index in [9.17, 15) is 21.6 Å². The minimum atomic E-state index is -3.76. The van der Waals surface area contributed by atoms with Crippen molar-refractivity contribution in [2.24, 2.45) is 5.92 Å². The summed E-state index contributed by atoms with van der Waals surface area (Å²) in [5.74, 6) is -0.467. The Kier molecular flexibility index (Phi) is 7.28. The van der Waals surface area contributed by atoms with Gasteiger partial charge in [-0.1, -0.05) is 0 Å². The average molecular weight is 487 g/mol. The fraction of sp³-hybridized carbons (Fsp3) is 0.450. The van der Waals surface area contributed by atoms with Gasteiger partial charge < -0.3 is 13.9 Å². The fourth-order valence-corrected chi connectivity index (χ4v) is 5.60. The summed E-state index contributed by atoms with van der Waals surface area (Å²) < 4.78 is 67.9. The van der Waals surface area contributed by atoms with Crippen molar-refractivity contribution in [1.29, 1.82) is 0 Å². The van der Waals surface area contributed by atoms with E-state index in [0.717, 1.165) is 4.31 Å². The summed E-state index contributed by atoms with van der Waals surface area (Å²) in [7, 11) is -3.23. The molecule has 176 valence electrons. The molecule has 0 N–H and O–H groups in total. The molecule has 1 unspecified atom stereocenters. The molecule has 1 saturated heterocycles. The number of rotatable bonds is 8. The van der Waals surface area contributed by atoms with Gasteiger partial charge in [0.05, 0.1) is 17.9 Å². The highest BCUT2D eigenvalue weighted by Gasteiger charge is 2.34. The number of methoxy groups -OCH3 is 1. The van der Waals surface area contributed by atoms with Crippen molar-refractivity contribution in [2.45, 2.75) is 29.4 Å². The van der Waals surface area contributed by atoms with Crippen LogP contribution in [0.3, 0.4) is 0 Å². The van der Waals surface area contributed by atoms with Crippen LogP contribution in [-0.2, 0) is 36.2 Å². The summed E-state index contributed by atoms with van der Waals surface area (Å²) >= 11 is 0. The summed E-state index contributed by atoms with van der Waals surface area (Å²) in [6, 6.07) is 8.78. The number of nitrogens with zero attached hydrogens (tertiary/aromatic N) is 2. The molecule has 3 rings (SSSR count). The molecular weight excluding hydrogens is 460 g/mol. The summed E-state index contributed by atoms with van der Waals surface area (Å²) in [6.45, 7) is 0.0667. The lowest BCUT2D eigenvalue weighted by atomic mass is 10.00. The first-order chi connectivity index (χ1) is 15.1. The van der Waals surface area contributed by atoms with Crippen molar-refractivity contribution in [2.75, 3.05) is 34.3 Å². The van der Waals surface area contributed by atoms with Crippen molar-refractivity contribution in [3.8, 4) is 5.75 Å². The number of hydrogen-bond acceptors (Lipinski definition) is 8. The molecule has 12 heteroatoms. The number of furan rings is 1. The van der Waals surface area contributed by atoms with Crippen LogP contribution in [0.5, 0.6) is 5.75 Å². The van der Waals surface area contributed by atoms with Crippen molar-refractivity contribution in [3.05, 3.63) is 42.2 Å². The third-order valence-corrected chi connectivity index (χ3v) is 8.71. The van der Waals surface area contributed by atoms with Gasteiger partial charge in [-0.15, -0.1) is 0 Å². The minimum absolute atomic E-state index is 0.00556. The Labute approximate surface area is 187 Å². The number of ether oxygens (including phenoxy) is 2. The Morgan fingerprint density at radius 2 is 1.81 bits per heavy atom. The Hall–Kier alpha value is -2.41. The summed E-state index contributed by atoms with van der Waals surface area (Å²) in [5.41, 5.74) is 0. The van der Waals surface area contributed by atoms with Gasteiger partial charge in [0.15, 0.2) is 0 Å². The number of carbonyl (C=O) groups excluding carboxylic acids is 1. The molecule has 0 bridgehead atoms. The van der Waals surface area contributed by atoms with Crippen molar-refractivity contribution >= 4 is 26.0 Å². The van der Waals surface area contributed by atoms with Crippen LogP contribution in [0.1, 0.15) is 18.6 Å². The van der Waals surface area contributed by atoms with Crippen molar-refractivity contribution in [3.63, 3.8) is 0 Å². The number of esters is 1. The number of piperidine rings is 1. The van der Waals surface area contributed by atoms with E-state index in [1.54, 1.807) is 12.1 Å². The van der Waals surface area contributed by atoms with Gasteiger partial charge in [0.25, 0.3) is 10.0 Å². The van der Waals surface area contributed by atoms with Crippen LogP contribution in [0.2, 0.25) is 0 Å². The van der Waals surface area contributed by atoms with Crippen LogP contribution in [-0.4, -0.2) is 65.7 Å². The van der Waals surface area contributed by atoms with Crippen molar-refractivity contribution in [1.82, 2.24) is 8.61 Å². The normalized spacial score (nSPS) is 17.9. The van der Waals surface area contributed by atoms with E-state index < -0.39 is 31.9 Å². The van der Waals surface area contributed by atoms with Crippen LogP contribution in [0, 0.1) is 5.92 Å². The largest absolute Gasteiger partial charge is 0.497 e. The summed E-state index contributed by atoms with van der Waals surface area (Å²) in [6.07, 6.45) is 1.01. The first-order valence-electron chi connectivity index (χ1n) is 9.88. The van der Waals surface area contributed by atoms with Crippen LogP contribution >= 0.6 is 0 Å². The number of hydrogen-bond donors (Lipinski definition) is 0. The molecule has 0 spiro atoms. The predicted molar refractivity (Wildman–Crippen MR) is 114 cm³/mol. The second kappa shape index (κ2) is 9.61. The van der Waals surface area contributed by atoms with E-state index in [-0.39, 0.29) is 28.9 Å². The van der Waals surface area contributed by atoms with E-state index in [4.69, 9.17) is 13.9 Å². The first kappa shape index (κ1) is 24.2. The fourth-order valence-electron chi connectivity index (χ4n) is 3.26. The smallest absolute Gasteiger partial charge is 0.310 e. The minimum Gasteiger partial charge on any atom is -0.497 e. The van der Waals surface area contributed by atoms with Gasteiger partial charge in [-0.05, 0) is 49.2 Å². The maximum atomic E-state index is 12.9. The van der Waals surface area contributed by atoms with Gasteiger partial charge in [0.2, 0.25) is 15.1 Å². The number of benzene rings is 1. The molecule has 10 nitrogen and oxygen atoms in total. The summed E-state index contributed by atoms with van der Waals surface area (Å²) in [4.78, 5) is 12.7. The van der Waals surface area contributed by atoms with E-state index in [0.29, 0.717) is 25.1 Å². The van der Waals surface area contributed by atoms with E-state index in [1.165, 1.54) is 49.8 Å². The molecule has 2 heterocycles. The van der Waals surface area contributed by atoms with Gasteiger partial charge in [-0.3, -0.25) is 4.79 Å². The standard InChI is InChI=1S/C20H26N2O8S2/c1-21(2)32(26,27)19-11-8-17(30-19)14-29-20(23)15-5-4-12-22(13-15)31(24,25)18-9-6-16(28-3)7-10-18/h6-11,15H,4-5,12-14H2,1-3H3. The number of sulfonamides is 2. The molecule has 0 saturated carbocycles. The molecule has 0 radical (unpaired) electrons. The number of carbonyl (C=O) groups is 1. The lowest BCUT2D eigenvalue weighted by Crippen LogP contribution is -2.42. The van der Waals surface area contributed by atoms with Gasteiger partial charge in [-0.25, -0.2) is 21.1 Å². The molecular formula is C20H26N2O8S2. The average Bonchev–Trinajstić information content (AvgIpc) is 3.27. The highest BCUT2D eigenvalue weighted by Crippen LogP contribution is 2.26. The third-order valence-electron chi connectivity index (χ3n) is 5.14. The van der Waals surface area contributed by atoms with Gasteiger partial charge in [0, 0.05) is 27.2 Å². The molecule has 1 aliphatic heterocycles. The maximum Gasteiger partial charge on any atom is 0.310 e. The molecule has 2 aromatic rings. The van der Waals surface area contributed by atoms with E-state index >= 15 is 0 Å². The second-order valence-electron chi connectivity index (χ2n) is 7.49. The van der Waals surface area contributed by atoms with Crippen LogP contribution in [0.15, 0.2) is 50.8 Å². The highest BCUT2D eigenvalue weighted by molar-refractivity contribution is 7.89. The van der Waals surface area contributed by atoms with E-state index in [2.05, 4.69) is 0 Å². The van der Waals surface area contributed by atoms with Crippen LogP contribution < -0.4 is 4.74 Å². The van der Waals surface area contributed by atoms with Crippen LogP contribution in [0.25, 0.3) is 0 Å². The molecule has 1 aromatic heterocycles. The quantitative estimate of drug-likeness (QED) is 0.517. The van der Waals surface area contributed by atoms with Gasteiger partial charge >= 0.3 is 5.97 Å².